The van der Waals surface area contributed by atoms with Gasteiger partial charge in [0.1, 0.15) is 24.2 Å². The molecule has 2 aliphatic heterocycles. The molecule has 3 aromatic rings. The van der Waals surface area contributed by atoms with Crippen LogP contribution in [0.5, 0.6) is 23.0 Å². The third-order valence-corrected chi connectivity index (χ3v) is 13.8. The van der Waals surface area contributed by atoms with Gasteiger partial charge in [0.25, 0.3) is 11.8 Å². The number of carbonyl (C=O) groups excluding carboxylic acids is 8. The molecule has 8 atom stereocenters. The van der Waals surface area contributed by atoms with Crippen molar-refractivity contribution < 1.29 is 58.8 Å². The summed E-state index contributed by atoms with van der Waals surface area (Å²) in [6, 6.07) is 7.44. The summed E-state index contributed by atoms with van der Waals surface area (Å²) in [7, 11) is 3.22. The van der Waals surface area contributed by atoms with Crippen molar-refractivity contribution in [3.05, 3.63) is 82.9 Å². The quantitative estimate of drug-likeness (QED) is 0.0701. The maximum Gasteiger partial charge on any atom is 0.251 e. The van der Waals surface area contributed by atoms with Gasteiger partial charge >= 0.3 is 0 Å². The van der Waals surface area contributed by atoms with E-state index in [2.05, 4.69) is 42.5 Å². The highest BCUT2D eigenvalue weighted by Gasteiger charge is 2.47. The summed E-state index contributed by atoms with van der Waals surface area (Å²) in [5.41, 5.74) is -0.179. The van der Waals surface area contributed by atoms with Gasteiger partial charge < -0.3 is 72.8 Å². The Balaban J connectivity index is 1.33. The van der Waals surface area contributed by atoms with Gasteiger partial charge in [-0.25, -0.2) is 0 Å². The minimum absolute atomic E-state index is 0.00152. The van der Waals surface area contributed by atoms with E-state index < -0.39 is 106 Å². The molecule has 2 saturated heterocycles. The fraction of sp³-hybridized carbons (Fsp3) is 0.519. The summed E-state index contributed by atoms with van der Waals surface area (Å²) in [6.07, 6.45) is 0.567. The fourth-order valence-electron chi connectivity index (χ4n) is 8.97. The predicted molar refractivity (Wildman–Crippen MR) is 282 cm³/mol. The number of amides is 8. The minimum Gasteiger partial charge on any atom is -0.504 e. The SMILES string of the molecule is CNC(C)C(=O)NC(C(=O)N1CC(NC(=O)c2cccc(C(=O)NC3CC(C(=O)NCCc4ccc(O)c(O)c4)N(C(=O)C(NC(=O)C(C)NC)C(C)(C)C)C3)c2)CC1C(=O)NCCc1ccc(O)c(O)c1)C(C)(C)C. The van der Waals surface area contributed by atoms with E-state index in [1.807, 2.05) is 0 Å². The number of carbonyl (C=O) groups is 8. The molecule has 2 heterocycles. The zero-order valence-corrected chi connectivity index (χ0v) is 45.0. The Kier molecular flexibility index (Phi) is 19.8. The number of hydrogen-bond donors (Lipinski definition) is 12. The van der Waals surface area contributed by atoms with Crippen LogP contribution in [0.1, 0.15) is 100 Å². The lowest BCUT2D eigenvalue weighted by atomic mass is 9.85. The highest BCUT2D eigenvalue weighted by Crippen LogP contribution is 2.30. The lowest BCUT2D eigenvalue weighted by Crippen LogP contribution is -2.59. The Morgan fingerprint density at radius 2 is 0.921 bits per heavy atom. The van der Waals surface area contributed by atoms with E-state index in [-0.39, 0.29) is 86.0 Å². The maximum atomic E-state index is 14.5. The number of phenols is 4. The number of likely N-dealkylation sites (tertiary alicyclic amines) is 2. The van der Waals surface area contributed by atoms with E-state index in [1.165, 1.54) is 58.3 Å². The Hall–Kier alpha value is -7.46. The molecule has 8 amide bonds. The zero-order valence-electron chi connectivity index (χ0n) is 45.0. The van der Waals surface area contributed by atoms with Gasteiger partial charge in [-0.15, -0.1) is 0 Å². The third kappa shape index (κ3) is 15.3. The molecule has 0 radical (unpaired) electrons. The second kappa shape index (κ2) is 25.4. The first kappa shape index (κ1) is 59.4. The molecule has 5 rings (SSSR count). The number of nitrogens with zero attached hydrogens (tertiary/aromatic N) is 2. The molecule has 22 heteroatoms. The van der Waals surface area contributed by atoms with Gasteiger partial charge in [-0.1, -0.05) is 59.7 Å². The zero-order chi connectivity index (χ0) is 56.4. The molecule has 12 N–H and O–H groups in total. The fourth-order valence-corrected chi connectivity index (χ4v) is 8.97. The van der Waals surface area contributed by atoms with Gasteiger partial charge in [-0.05, 0) is 118 Å². The summed E-state index contributed by atoms with van der Waals surface area (Å²) in [5, 5.41) is 62.3. The molecule has 0 saturated carbocycles. The largest absolute Gasteiger partial charge is 0.504 e. The normalized spacial score (nSPS) is 19.1. The van der Waals surface area contributed by atoms with Crippen molar-refractivity contribution in [2.24, 2.45) is 10.8 Å². The molecular weight excluding hydrogens is 981 g/mol. The van der Waals surface area contributed by atoms with Crippen LogP contribution in [0.4, 0.5) is 0 Å². The topological polar surface area (TPSA) is 320 Å². The molecular formula is C54H76N10O12. The van der Waals surface area contributed by atoms with Crippen LogP contribution in [0.3, 0.4) is 0 Å². The van der Waals surface area contributed by atoms with E-state index in [4.69, 9.17) is 0 Å². The van der Waals surface area contributed by atoms with Crippen LogP contribution in [0.15, 0.2) is 60.7 Å². The Bertz CT molecular complexity index is 2460. The van der Waals surface area contributed by atoms with Gasteiger partial charge in [0.2, 0.25) is 35.4 Å². The Morgan fingerprint density at radius 3 is 1.25 bits per heavy atom. The van der Waals surface area contributed by atoms with Crippen LogP contribution in [0.25, 0.3) is 0 Å². The van der Waals surface area contributed by atoms with Crippen molar-refractivity contribution in [3.63, 3.8) is 0 Å². The number of aromatic hydroxyl groups is 4. The number of phenolic OH excluding ortho intramolecular Hbond substituents is 4. The predicted octanol–water partition coefficient (Wildman–Crippen LogP) is 0.903. The molecule has 8 unspecified atom stereocenters. The molecule has 22 nitrogen and oxygen atoms in total. The van der Waals surface area contributed by atoms with Crippen molar-refractivity contribution in [1.82, 2.24) is 52.3 Å². The summed E-state index contributed by atoms with van der Waals surface area (Å²) >= 11 is 0. The molecule has 3 aromatic carbocycles. The van der Waals surface area contributed by atoms with Crippen molar-refractivity contribution in [1.29, 1.82) is 0 Å². The Labute approximate surface area is 443 Å². The first-order chi connectivity index (χ1) is 35.6. The molecule has 0 aromatic heterocycles. The van der Waals surface area contributed by atoms with E-state index in [1.54, 1.807) is 81.6 Å². The molecule has 0 aliphatic carbocycles. The molecule has 76 heavy (non-hydrogen) atoms. The summed E-state index contributed by atoms with van der Waals surface area (Å²) in [6.45, 7) is 14.0. The second-order valence-corrected chi connectivity index (χ2v) is 21.8. The van der Waals surface area contributed by atoms with Crippen molar-refractivity contribution in [2.75, 3.05) is 40.3 Å². The average Bonchev–Trinajstić information content (AvgIpc) is 4.00. The van der Waals surface area contributed by atoms with Crippen LogP contribution in [0, 0.1) is 10.8 Å². The van der Waals surface area contributed by atoms with Crippen LogP contribution >= 0.6 is 0 Å². The smallest absolute Gasteiger partial charge is 0.251 e. The molecule has 0 bridgehead atoms. The van der Waals surface area contributed by atoms with Gasteiger partial charge in [-0.3, -0.25) is 38.4 Å². The van der Waals surface area contributed by atoms with Crippen molar-refractivity contribution in [2.45, 2.75) is 129 Å². The number of hydrogen-bond acceptors (Lipinski definition) is 14. The van der Waals surface area contributed by atoms with Crippen LogP contribution in [-0.2, 0) is 41.6 Å². The number of likely N-dealkylation sites (N-methyl/N-ethyl adjacent to an activating group) is 2. The maximum absolute atomic E-state index is 14.5. The summed E-state index contributed by atoms with van der Waals surface area (Å²) < 4.78 is 0. The molecule has 2 fully saturated rings. The van der Waals surface area contributed by atoms with Crippen molar-refractivity contribution in [3.8, 4) is 23.0 Å². The van der Waals surface area contributed by atoms with Crippen LogP contribution in [-0.4, -0.2) is 166 Å². The average molecular weight is 1060 g/mol. The summed E-state index contributed by atoms with van der Waals surface area (Å²) in [5.74, 6) is -5.38. The number of rotatable bonds is 20. The first-order valence-corrected chi connectivity index (χ1v) is 25.5. The van der Waals surface area contributed by atoms with E-state index in [0.29, 0.717) is 11.1 Å². The van der Waals surface area contributed by atoms with Gasteiger partial charge in [0, 0.05) is 49.4 Å². The first-order valence-electron chi connectivity index (χ1n) is 25.5. The van der Waals surface area contributed by atoms with Gasteiger partial charge in [0.05, 0.1) is 12.1 Å². The number of benzene rings is 3. The molecule has 414 valence electrons. The third-order valence-electron chi connectivity index (χ3n) is 13.8. The molecule has 0 spiro atoms. The lowest BCUT2D eigenvalue weighted by Gasteiger charge is -2.36. The second-order valence-electron chi connectivity index (χ2n) is 21.8. The van der Waals surface area contributed by atoms with E-state index in [9.17, 15) is 58.8 Å². The lowest BCUT2D eigenvalue weighted by molar-refractivity contribution is -0.144. The highest BCUT2D eigenvalue weighted by molar-refractivity contribution is 6.01. The van der Waals surface area contributed by atoms with Crippen molar-refractivity contribution >= 4 is 47.3 Å². The van der Waals surface area contributed by atoms with Gasteiger partial charge in [-0.2, -0.15) is 0 Å². The van der Waals surface area contributed by atoms with E-state index in [0.717, 1.165) is 0 Å². The van der Waals surface area contributed by atoms with E-state index >= 15 is 0 Å². The highest BCUT2D eigenvalue weighted by atomic mass is 16.3. The van der Waals surface area contributed by atoms with Crippen LogP contribution < -0.4 is 42.5 Å². The van der Waals surface area contributed by atoms with Crippen LogP contribution in [0.2, 0.25) is 0 Å². The number of nitrogens with one attached hydrogen (secondary N) is 8. The van der Waals surface area contributed by atoms with Gasteiger partial charge in [0.15, 0.2) is 23.0 Å². The Morgan fingerprint density at radius 1 is 0.553 bits per heavy atom. The minimum atomic E-state index is -1.07. The monoisotopic (exact) mass is 1060 g/mol. The molecule has 2 aliphatic rings. The summed E-state index contributed by atoms with van der Waals surface area (Å²) in [4.78, 5) is 114. The standard InChI is InChI=1S/C54H76N10O12/c1-29(55-9)45(69)61-43(53(3,4)5)51(75)63-27-35(25-37(63)49(73)57-20-18-31-14-16-39(65)41(67)22-31)59-47(71)33-12-11-13-34(24-33)48(72)60-36-26-38(50(74)58-21-19-32-15-17-40(66)42(68)23-32)64(28-36)52(76)44(54(6,7)8)62-46(70)30(2)56-10/h11-17,22-24,29-30,35-38,43-44,55-56,65-68H,18-21,25-28H2,1-10H3,(H,57,73)(H,58,74)(H,59,71)(H,60,72)(H,61,69)(H,62,70).